The highest BCUT2D eigenvalue weighted by atomic mass is 16.3. The molecule has 0 bridgehead atoms. The summed E-state index contributed by atoms with van der Waals surface area (Å²) >= 11 is 0. The van der Waals surface area contributed by atoms with Gasteiger partial charge in [-0.1, -0.05) is 30.3 Å². The van der Waals surface area contributed by atoms with Crippen molar-refractivity contribution in [3.05, 3.63) is 53.7 Å². The Hall–Kier alpha value is -1.61. The Morgan fingerprint density at radius 1 is 1.33 bits per heavy atom. The van der Waals surface area contributed by atoms with Crippen molar-refractivity contribution in [1.82, 2.24) is 4.98 Å². The van der Waals surface area contributed by atoms with Crippen LogP contribution in [0.3, 0.4) is 0 Å². The molecule has 2 rings (SSSR count). The minimum Gasteiger partial charge on any atom is -0.449 e. The smallest absolute Gasteiger partial charge is 0.191 e. The van der Waals surface area contributed by atoms with Crippen LogP contribution < -0.4 is 5.73 Å². The van der Waals surface area contributed by atoms with E-state index >= 15 is 0 Å². The van der Waals surface area contributed by atoms with Gasteiger partial charge in [0.05, 0.1) is 11.7 Å². The average molecular weight is 202 g/mol. The van der Waals surface area contributed by atoms with Gasteiger partial charge in [0.2, 0.25) is 0 Å². The van der Waals surface area contributed by atoms with Gasteiger partial charge in [-0.15, -0.1) is 0 Å². The van der Waals surface area contributed by atoms with E-state index in [9.17, 15) is 0 Å². The molecule has 2 N–H and O–H groups in total. The Morgan fingerprint density at radius 2 is 2.07 bits per heavy atom. The molecule has 0 unspecified atom stereocenters. The molecule has 78 valence electrons. The van der Waals surface area contributed by atoms with Gasteiger partial charge in [-0.2, -0.15) is 0 Å². The van der Waals surface area contributed by atoms with E-state index in [1.807, 2.05) is 25.1 Å². The summed E-state index contributed by atoms with van der Waals surface area (Å²) in [6.07, 6.45) is 2.41. The van der Waals surface area contributed by atoms with Crippen LogP contribution in [-0.2, 0) is 6.42 Å². The zero-order valence-electron chi connectivity index (χ0n) is 8.68. The highest BCUT2D eigenvalue weighted by Crippen LogP contribution is 2.15. The minimum atomic E-state index is -0.0927. The number of nitrogens with two attached hydrogens (primary N) is 1. The molecular weight excluding hydrogens is 188 g/mol. The molecule has 0 saturated heterocycles. The first-order valence-electron chi connectivity index (χ1n) is 4.97. The van der Waals surface area contributed by atoms with Gasteiger partial charge in [-0.25, -0.2) is 4.98 Å². The van der Waals surface area contributed by atoms with Gasteiger partial charge in [-0.05, 0) is 12.0 Å². The molecule has 15 heavy (non-hydrogen) atoms. The molecule has 3 nitrogen and oxygen atoms in total. The molecule has 1 atom stereocenters. The number of nitrogens with zero attached hydrogens (tertiary/aromatic N) is 1. The monoisotopic (exact) mass is 202 g/mol. The van der Waals surface area contributed by atoms with Crippen LogP contribution in [0.2, 0.25) is 0 Å². The lowest BCUT2D eigenvalue weighted by atomic mass is 10.1. The SMILES string of the molecule is Cc1nc([C@@H](N)Cc2ccccc2)co1. The topological polar surface area (TPSA) is 52.0 Å². The van der Waals surface area contributed by atoms with Crippen molar-refractivity contribution in [3.63, 3.8) is 0 Å². The Kier molecular flexibility index (Phi) is 2.83. The van der Waals surface area contributed by atoms with E-state index in [1.54, 1.807) is 6.26 Å². The van der Waals surface area contributed by atoms with Crippen molar-refractivity contribution >= 4 is 0 Å². The highest BCUT2D eigenvalue weighted by molar-refractivity contribution is 5.18. The van der Waals surface area contributed by atoms with E-state index < -0.39 is 0 Å². The van der Waals surface area contributed by atoms with Crippen molar-refractivity contribution in [3.8, 4) is 0 Å². The Balaban J connectivity index is 2.07. The molecule has 1 aromatic heterocycles. The van der Waals surface area contributed by atoms with Gasteiger partial charge < -0.3 is 10.2 Å². The average Bonchev–Trinajstić information content (AvgIpc) is 2.66. The Labute approximate surface area is 88.9 Å². The molecule has 0 spiro atoms. The number of rotatable bonds is 3. The Morgan fingerprint density at radius 3 is 2.67 bits per heavy atom. The van der Waals surface area contributed by atoms with Gasteiger partial charge in [0.15, 0.2) is 5.89 Å². The second kappa shape index (κ2) is 4.28. The van der Waals surface area contributed by atoms with Crippen molar-refractivity contribution in [2.75, 3.05) is 0 Å². The second-order valence-electron chi connectivity index (χ2n) is 3.59. The van der Waals surface area contributed by atoms with Crippen molar-refractivity contribution in [2.45, 2.75) is 19.4 Å². The summed E-state index contributed by atoms with van der Waals surface area (Å²) in [6.45, 7) is 1.82. The molecule has 3 heteroatoms. The van der Waals surface area contributed by atoms with Crippen LogP contribution in [-0.4, -0.2) is 4.98 Å². The zero-order chi connectivity index (χ0) is 10.7. The van der Waals surface area contributed by atoms with E-state index in [0.29, 0.717) is 5.89 Å². The third kappa shape index (κ3) is 2.44. The van der Waals surface area contributed by atoms with Crippen LogP contribution in [0.25, 0.3) is 0 Å². The van der Waals surface area contributed by atoms with Crippen molar-refractivity contribution < 1.29 is 4.42 Å². The van der Waals surface area contributed by atoms with Crippen LogP contribution in [0.15, 0.2) is 41.0 Å². The maximum atomic E-state index is 6.02. The summed E-state index contributed by atoms with van der Waals surface area (Å²) in [7, 11) is 0. The maximum Gasteiger partial charge on any atom is 0.191 e. The largest absolute Gasteiger partial charge is 0.449 e. The zero-order valence-corrected chi connectivity index (χ0v) is 8.68. The van der Waals surface area contributed by atoms with Crippen molar-refractivity contribution in [1.29, 1.82) is 0 Å². The fourth-order valence-corrected chi connectivity index (χ4v) is 1.52. The summed E-state index contributed by atoms with van der Waals surface area (Å²) < 4.78 is 5.13. The first-order chi connectivity index (χ1) is 7.25. The quantitative estimate of drug-likeness (QED) is 0.830. The minimum absolute atomic E-state index is 0.0927. The number of oxazole rings is 1. The first kappa shape index (κ1) is 9.93. The van der Waals surface area contributed by atoms with Gasteiger partial charge in [0.25, 0.3) is 0 Å². The summed E-state index contributed by atoms with van der Waals surface area (Å²) in [4.78, 5) is 4.22. The van der Waals surface area contributed by atoms with Gasteiger partial charge in [0.1, 0.15) is 6.26 Å². The summed E-state index contributed by atoms with van der Waals surface area (Å²) in [6, 6.07) is 10.0. The molecule has 2 aromatic rings. The molecule has 0 saturated carbocycles. The first-order valence-corrected chi connectivity index (χ1v) is 4.97. The van der Waals surface area contributed by atoms with Crippen LogP contribution in [0.1, 0.15) is 23.2 Å². The van der Waals surface area contributed by atoms with Crippen molar-refractivity contribution in [2.24, 2.45) is 5.73 Å². The van der Waals surface area contributed by atoms with E-state index in [2.05, 4.69) is 17.1 Å². The van der Waals surface area contributed by atoms with E-state index in [4.69, 9.17) is 10.2 Å². The molecule has 1 aromatic carbocycles. The lowest BCUT2D eigenvalue weighted by Gasteiger charge is -2.07. The maximum absolute atomic E-state index is 6.02. The third-order valence-corrected chi connectivity index (χ3v) is 2.32. The lowest BCUT2D eigenvalue weighted by Crippen LogP contribution is -2.13. The molecule has 0 fully saturated rings. The van der Waals surface area contributed by atoms with Crippen LogP contribution in [0, 0.1) is 6.92 Å². The lowest BCUT2D eigenvalue weighted by molar-refractivity contribution is 0.519. The van der Waals surface area contributed by atoms with Crippen LogP contribution in [0.4, 0.5) is 0 Å². The normalized spacial score (nSPS) is 12.7. The molecule has 0 radical (unpaired) electrons. The summed E-state index contributed by atoms with van der Waals surface area (Å²) in [5, 5.41) is 0. The summed E-state index contributed by atoms with van der Waals surface area (Å²) in [5.74, 6) is 0.661. The van der Waals surface area contributed by atoms with E-state index in [1.165, 1.54) is 5.56 Å². The number of aryl methyl sites for hydroxylation is 1. The fraction of sp³-hybridized carbons (Fsp3) is 0.250. The third-order valence-electron chi connectivity index (χ3n) is 2.32. The fourth-order valence-electron chi connectivity index (χ4n) is 1.52. The molecule has 0 aliphatic heterocycles. The number of aromatic nitrogens is 1. The van der Waals surface area contributed by atoms with E-state index in [-0.39, 0.29) is 6.04 Å². The van der Waals surface area contributed by atoms with Gasteiger partial charge in [0, 0.05) is 6.92 Å². The van der Waals surface area contributed by atoms with Gasteiger partial charge in [-0.3, -0.25) is 0 Å². The van der Waals surface area contributed by atoms with E-state index in [0.717, 1.165) is 12.1 Å². The Bertz CT molecular complexity index is 422. The van der Waals surface area contributed by atoms with Gasteiger partial charge >= 0.3 is 0 Å². The second-order valence-corrected chi connectivity index (χ2v) is 3.59. The standard InChI is InChI=1S/C12H14N2O/c1-9-14-12(8-15-9)11(13)7-10-5-3-2-4-6-10/h2-6,8,11H,7,13H2,1H3/t11-/m0/s1. The molecule has 0 aliphatic carbocycles. The van der Waals surface area contributed by atoms with Crippen LogP contribution in [0.5, 0.6) is 0 Å². The number of hydrogen-bond donors (Lipinski definition) is 1. The predicted octanol–water partition coefficient (Wildman–Crippen LogP) is 2.23. The summed E-state index contributed by atoms with van der Waals surface area (Å²) in [5.41, 5.74) is 8.05. The highest BCUT2D eigenvalue weighted by Gasteiger charge is 2.10. The van der Waals surface area contributed by atoms with Crippen LogP contribution >= 0.6 is 0 Å². The predicted molar refractivity (Wildman–Crippen MR) is 58.3 cm³/mol. The molecule has 1 heterocycles. The molecule has 0 amide bonds. The molecule has 0 aliphatic rings. The number of benzene rings is 1. The molecular formula is C12H14N2O. The number of hydrogen-bond acceptors (Lipinski definition) is 3.